The van der Waals surface area contributed by atoms with Crippen LogP contribution in [-0.4, -0.2) is 37.2 Å². The van der Waals surface area contributed by atoms with Crippen LogP contribution in [-0.2, 0) is 28.6 Å². The van der Waals surface area contributed by atoms with Crippen molar-refractivity contribution in [3.05, 3.63) is 85.1 Å². The first kappa shape index (κ1) is 57.6. The Morgan fingerprint density at radius 1 is 0.344 bits per heavy atom. The fraction of sp³-hybridized carbons (Fsp3) is 0.691. The molecule has 1 unspecified atom stereocenters. The average Bonchev–Trinajstić information content (AvgIpc) is 3.26. The maximum absolute atomic E-state index is 12.7. The highest BCUT2D eigenvalue weighted by atomic mass is 16.6. The molecule has 6 nitrogen and oxygen atoms in total. The molecular weight excluding hydrogens is 757 g/mol. The lowest BCUT2D eigenvalue weighted by atomic mass is 10.1. The van der Waals surface area contributed by atoms with Crippen molar-refractivity contribution in [2.45, 2.75) is 232 Å². The Hall–Kier alpha value is -3.41. The van der Waals surface area contributed by atoms with Crippen LogP contribution in [0.5, 0.6) is 0 Å². The van der Waals surface area contributed by atoms with E-state index in [-0.39, 0.29) is 31.6 Å². The first-order valence-corrected chi connectivity index (χ1v) is 25.1. The summed E-state index contributed by atoms with van der Waals surface area (Å²) in [6, 6.07) is 0. The normalized spacial score (nSPS) is 12.8. The predicted octanol–water partition coefficient (Wildman–Crippen LogP) is 16.4. The molecule has 0 aliphatic heterocycles. The molecule has 0 amide bonds. The maximum Gasteiger partial charge on any atom is 0.306 e. The van der Waals surface area contributed by atoms with Gasteiger partial charge < -0.3 is 14.2 Å². The number of unbranched alkanes of at least 4 members (excludes halogenated alkanes) is 19. The van der Waals surface area contributed by atoms with Crippen molar-refractivity contribution >= 4 is 17.9 Å². The minimum absolute atomic E-state index is 0.112. The second kappa shape index (κ2) is 49.2. The van der Waals surface area contributed by atoms with Gasteiger partial charge in [-0.1, -0.05) is 196 Å². The molecular formula is C55H92O6. The monoisotopic (exact) mass is 849 g/mol. The molecule has 0 N–H and O–H groups in total. The number of allylic oxidation sites excluding steroid dienone is 14. The van der Waals surface area contributed by atoms with Crippen molar-refractivity contribution in [1.29, 1.82) is 0 Å². The number of carbonyl (C=O) groups excluding carboxylic acids is 3. The Balaban J connectivity index is 4.47. The van der Waals surface area contributed by atoms with Gasteiger partial charge in [-0.05, 0) is 96.3 Å². The van der Waals surface area contributed by atoms with Crippen LogP contribution >= 0.6 is 0 Å². The SMILES string of the molecule is CC/C=C\C/C=C\C/C=C\C/C=C\C/C=C\CCC(=O)OC(COC(=O)CCCCCC/C=C\CCCC)COC(=O)CCCCCCCCC/C=C\CCCCCCCC. The molecule has 0 aromatic rings. The Morgan fingerprint density at radius 3 is 1.11 bits per heavy atom. The van der Waals surface area contributed by atoms with Gasteiger partial charge in [0.1, 0.15) is 13.2 Å². The van der Waals surface area contributed by atoms with E-state index in [9.17, 15) is 14.4 Å². The van der Waals surface area contributed by atoms with Gasteiger partial charge >= 0.3 is 17.9 Å². The van der Waals surface area contributed by atoms with Crippen LogP contribution in [0, 0.1) is 0 Å². The minimum atomic E-state index is -0.821. The quantitative estimate of drug-likeness (QED) is 0.0263. The first-order valence-electron chi connectivity index (χ1n) is 25.1. The zero-order valence-corrected chi connectivity index (χ0v) is 39.7. The zero-order chi connectivity index (χ0) is 44.4. The molecule has 0 aliphatic rings. The van der Waals surface area contributed by atoms with Gasteiger partial charge in [0.05, 0.1) is 0 Å². The molecule has 0 heterocycles. The molecule has 0 aromatic heterocycles. The van der Waals surface area contributed by atoms with Crippen LogP contribution in [0.3, 0.4) is 0 Å². The second-order valence-electron chi connectivity index (χ2n) is 16.3. The van der Waals surface area contributed by atoms with Gasteiger partial charge in [0, 0.05) is 19.3 Å². The van der Waals surface area contributed by atoms with E-state index in [1.807, 2.05) is 12.2 Å². The summed E-state index contributed by atoms with van der Waals surface area (Å²) in [5.74, 6) is -1.02. The lowest BCUT2D eigenvalue weighted by Gasteiger charge is -2.18. The summed E-state index contributed by atoms with van der Waals surface area (Å²) in [6.07, 6.45) is 63.0. The summed E-state index contributed by atoms with van der Waals surface area (Å²) < 4.78 is 16.7. The highest BCUT2D eigenvalue weighted by Crippen LogP contribution is 2.13. The van der Waals surface area contributed by atoms with E-state index in [4.69, 9.17) is 14.2 Å². The van der Waals surface area contributed by atoms with Crippen LogP contribution < -0.4 is 0 Å². The maximum atomic E-state index is 12.7. The number of hydrogen-bond acceptors (Lipinski definition) is 6. The second-order valence-corrected chi connectivity index (χ2v) is 16.3. The largest absolute Gasteiger partial charge is 0.462 e. The lowest BCUT2D eigenvalue weighted by Crippen LogP contribution is -2.30. The number of esters is 3. The van der Waals surface area contributed by atoms with Crippen molar-refractivity contribution in [2.24, 2.45) is 0 Å². The summed E-state index contributed by atoms with van der Waals surface area (Å²) >= 11 is 0. The van der Waals surface area contributed by atoms with Crippen LogP contribution in [0.2, 0.25) is 0 Å². The predicted molar refractivity (Wildman–Crippen MR) is 261 cm³/mol. The van der Waals surface area contributed by atoms with E-state index in [1.165, 1.54) is 89.9 Å². The van der Waals surface area contributed by atoms with E-state index < -0.39 is 12.1 Å². The number of rotatable bonds is 44. The molecule has 0 aromatic carbocycles. The molecule has 0 rings (SSSR count). The van der Waals surface area contributed by atoms with Crippen LogP contribution in [0.15, 0.2) is 85.1 Å². The van der Waals surface area contributed by atoms with Gasteiger partial charge in [-0.25, -0.2) is 0 Å². The average molecular weight is 849 g/mol. The van der Waals surface area contributed by atoms with Crippen molar-refractivity contribution in [3.8, 4) is 0 Å². The number of hydrogen-bond donors (Lipinski definition) is 0. The van der Waals surface area contributed by atoms with E-state index in [0.717, 1.165) is 89.9 Å². The van der Waals surface area contributed by atoms with Crippen molar-refractivity contribution in [1.82, 2.24) is 0 Å². The smallest absolute Gasteiger partial charge is 0.306 e. The van der Waals surface area contributed by atoms with Gasteiger partial charge in [0.2, 0.25) is 0 Å². The fourth-order valence-corrected chi connectivity index (χ4v) is 6.58. The van der Waals surface area contributed by atoms with Crippen LogP contribution in [0.25, 0.3) is 0 Å². The zero-order valence-electron chi connectivity index (χ0n) is 39.7. The van der Waals surface area contributed by atoms with Gasteiger partial charge in [0.25, 0.3) is 0 Å². The molecule has 61 heavy (non-hydrogen) atoms. The topological polar surface area (TPSA) is 78.9 Å². The fourth-order valence-electron chi connectivity index (χ4n) is 6.58. The standard InChI is InChI=1S/C55H92O6/c1-4-7-10-13-16-19-22-24-26-28-30-31-33-36-39-42-45-48-54(57)60-51-52(50-59-53(56)47-44-41-38-35-21-18-15-12-9-6-3)61-55(58)49-46-43-40-37-34-32-29-27-25-23-20-17-14-11-8-5-2/h8,11,15,17-18,20,24-27,32,34,40,43,52H,4-7,9-10,12-14,16,19,21-23,28-31,33,35-39,41-42,44-51H2,1-3H3/b11-8-,18-15-,20-17-,26-24-,27-25-,34-32-,43-40-. The van der Waals surface area contributed by atoms with E-state index in [0.29, 0.717) is 19.3 Å². The van der Waals surface area contributed by atoms with Gasteiger partial charge in [-0.2, -0.15) is 0 Å². The van der Waals surface area contributed by atoms with Crippen molar-refractivity contribution in [3.63, 3.8) is 0 Å². The molecule has 0 spiro atoms. The van der Waals surface area contributed by atoms with Gasteiger partial charge in [-0.15, -0.1) is 0 Å². The number of carbonyl (C=O) groups is 3. The summed E-state index contributed by atoms with van der Waals surface area (Å²) in [7, 11) is 0. The lowest BCUT2D eigenvalue weighted by molar-refractivity contribution is -0.166. The third-order valence-corrected chi connectivity index (χ3v) is 10.4. The highest BCUT2D eigenvalue weighted by molar-refractivity contribution is 5.71. The third kappa shape index (κ3) is 47.5. The molecule has 0 aliphatic carbocycles. The van der Waals surface area contributed by atoms with E-state index in [2.05, 4.69) is 93.7 Å². The Bertz CT molecular complexity index is 1200. The number of ether oxygens (including phenoxy) is 3. The van der Waals surface area contributed by atoms with Crippen molar-refractivity contribution < 1.29 is 28.6 Å². The van der Waals surface area contributed by atoms with Crippen LogP contribution in [0.1, 0.15) is 226 Å². The molecule has 0 fully saturated rings. The van der Waals surface area contributed by atoms with E-state index in [1.54, 1.807) is 0 Å². The van der Waals surface area contributed by atoms with Crippen molar-refractivity contribution in [2.75, 3.05) is 13.2 Å². The molecule has 0 saturated heterocycles. The molecule has 6 heteroatoms. The van der Waals surface area contributed by atoms with Crippen LogP contribution in [0.4, 0.5) is 0 Å². The Kier molecular flexibility index (Phi) is 46.5. The summed E-state index contributed by atoms with van der Waals surface area (Å²) in [6.45, 7) is 6.39. The van der Waals surface area contributed by atoms with Gasteiger partial charge in [-0.3, -0.25) is 14.4 Å². The molecule has 348 valence electrons. The summed E-state index contributed by atoms with van der Waals surface area (Å²) in [4.78, 5) is 37.8. The summed E-state index contributed by atoms with van der Waals surface area (Å²) in [5, 5.41) is 0. The summed E-state index contributed by atoms with van der Waals surface area (Å²) in [5.41, 5.74) is 0. The Labute approximate surface area is 375 Å². The Morgan fingerprint density at radius 2 is 0.689 bits per heavy atom. The minimum Gasteiger partial charge on any atom is -0.462 e. The van der Waals surface area contributed by atoms with Gasteiger partial charge in [0.15, 0.2) is 6.10 Å². The highest BCUT2D eigenvalue weighted by Gasteiger charge is 2.19. The third-order valence-electron chi connectivity index (χ3n) is 10.4. The molecule has 0 bridgehead atoms. The molecule has 1 atom stereocenters. The molecule has 0 saturated carbocycles. The van der Waals surface area contributed by atoms with E-state index >= 15 is 0 Å². The molecule has 0 radical (unpaired) electrons. The first-order chi connectivity index (χ1) is 30.0.